The molecule has 2 nitrogen and oxygen atoms in total. The minimum Gasteiger partial charge on any atom is -0.324 e. The van der Waals surface area contributed by atoms with E-state index in [0.29, 0.717) is 6.04 Å². The van der Waals surface area contributed by atoms with Crippen molar-refractivity contribution in [1.29, 1.82) is 0 Å². The molecule has 1 aliphatic carbocycles. The first-order valence-corrected chi connectivity index (χ1v) is 6.29. The third kappa shape index (κ3) is 5.33. The van der Waals surface area contributed by atoms with Crippen molar-refractivity contribution >= 4 is 0 Å². The van der Waals surface area contributed by atoms with Gasteiger partial charge in [0.1, 0.15) is 0 Å². The Kier molecular flexibility index (Phi) is 5.96. The zero-order chi connectivity index (χ0) is 11.1. The molecular weight excluding hydrogens is 184 g/mol. The van der Waals surface area contributed by atoms with Gasteiger partial charge < -0.3 is 10.6 Å². The predicted molar refractivity (Wildman–Crippen MR) is 66.9 cm³/mol. The fourth-order valence-electron chi connectivity index (χ4n) is 2.14. The zero-order valence-electron chi connectivity index (χ0n) is 10.3. The lowest BCUT2D eigenvalue weighted by atomic mass is 9.94. The number of nitrogens with two attached hydrogens (primary N) is 1. The normalized spacial score (nSPS) is 20.7. The molecule has 88 valence electrons. The Hall–Kier alpha value is -0.340. The number of rotatable bonds is 4. The second-order valence-corrected chi connectivity index (χ2v) is 4.93. The summed E-state index contributed by atoms with van der Waals surface area (Å²) in [5.74, 6) is 0. The monoisotopic (exact) mass is 210 g/mol. The Morgan fingerprint density at radius 1 is 1.27 bits per heavy atom. The lowest BCUT2D eigenvalue weighted by molar-refractivity contribution is 0.386. The van der Waals surface area contributed by atoms with E-state index in [-0.39, 0.29) is 0 Å². The molecule has 1 atom stereocenters. The van der Waals surface area contributed by atoms with Gasteiger partial charge in [-0.05, 0) is 52.7 Å². The lowest BCUT2D eigenvalue weighted by Crippen LogP contribution is -2.28. The summed E-state index contributed by atoms with van der Waals surface area (Å²) >= 11 is 0. The van der Waals surface area contributed by atoms with Gasteiger partial charge in [0.2, 0.25) is 0 Å². The minimum atomic E-state index is 0.297. The van der Waals surface area contributed by atoms with Crippen molar-refractivity contribution in [2.45, 2.75) is 51.0 Å². The van der Waals surface area contributed by atoms with Crippen LogP contribution >= 0.6 is 0 Å². The van der Waals surface area contributed by atoms with Crippen LogP contribution in [-0.4, -0.2) is 31.6 Å². The Morgan fingerprint density at radius 2 is 2.00 bits per heavy atom. The molecule has 0 heterocycles. The molecule has 0 bridgehead atoms. The topological polar surface area (TPSA) is 29.3 Å². The van der Waals surface area contributed by atoms with Crippen molar-refractivity contribution in [3.8, 4) is 0 Å². The highest BCUT2D eigenvalue weighted by molar-refractivity contribution is 5.10. The van der Waals surface area contributed by atoms with Crippen molar-refractivity contribution in [2.24, 2.45) is 5.73 Å². The van der Waals surface area contributed by atoms with Crippen LogP contribution in [-0.2, 0) is 0 Å². The summed E-state index contributed by atoms with van der Waals surface area (Å²) in [6.07, 6.45) is 11.4. The summed E-state index contributed by atoms with van der Waals surface area (Å²) in [5, 5.41) is 0. The molecule has 0 radical (unpaired) electrons. The Bertz CT molecular complexity index is 197. The molecule has 0 saturated carbocycles. The van der Waals surface area contributed by atoms with Crippen LogP contribution in [0.2, 0.25) is 0 Å². The van der Waals surface area contributed by atoms with E-state index >= 15 is 0 Å². The van der Waals surface area contributed by atoms with Crippen LogP contribution in [0.3, 0.4) is 0 Å². The van der Waals surface area contributed by atoms with Gasteiger partial charge >= 0.3 is 0 Å². The van der Waals surface area contributed by atoms with Crippen LogP contribution in [0.25, 0.3) is 0 Å². The molecule has 15 heavy (non-hydrogen) atoms. The molecule has 1 unspecified atom stereocenters. The van der Waals surface area contributed by atoms with Crippen molar-refractivity contribution < 1.29 is 0 Å². The summed E-state index contributed by atoms with van der Waals surface area (Å²) in [4.78, 5) is 2.21. The first-order chi connectivity index (χ1) is 7.20. The average molecular weight is 210 g/mol. The van der Waals surface area contributed by atoms with Crippen molar-refractivity contribution in [3.05, 3.63) is 11.6 Å². The van der Waals surface area contributed by atoms with Crippen molar-refractivity contribution in [3.63, 3.8) is 0 Å². The maximum atomic E-state index is 6.22. The minimum absolute atomic E-state index is 0.297. The second-order valence-electron chi connectivity index (χ2n) is 4.93. The van der Waals surface area contributed by atoms with Gasteiger partial charge in [0, 0.05) is 6.04 Å². The molecule has 0 saturated heterocycles. The lowest BCUT2D eigenvalue weighted by Gasteiger charge is -2.20. The third-order valence-electron chi connectivity index (χ3n) is 3.19. The fourth-order valence-corrected chi connectivity index (χ4v) is 2.14. The third-order valence-corrected chi connectivity index (χ3v) is 3.19. The molecule has 2 heteroatoms. The molecule has 0 fully saturated rings. The SMILES string of the molecule is CN(C)CCC(N)C1=CCCCCCC1. The van der Waals surface area contributed by atoms with E-state index in [0.717, 1.165) is 13.0 Å². The van der Waals surface area contributed by atoms with Gasteiger partial charge in [0.25, 0.3) is 0 Å². The van der Waals surface area contributed by atoms with E-state index < -0.39 is 0 Å². The maximum absolute atomic E-state index is 6.22. The van der Waals surface area contributed by atoms with Crippen LogP contribution in [0.5, 0.6) is 0 Å². The number of hydrogen-bond acceptors (Lipinski definition) is 2. The molecule has 1 aliphatic rings. The van der Waals surface area contributed by atoms with E-state index in [1.54, 1.807) is 0 Å². The molecule has 2 N–H and O–H groups in total. The maximum Gasteiger partial charge on any atom is 0.0265 e. The summed E-state index contributed by atoms with van der Waals surface area (Å²) in [7, 11) is 4.22. The van der Waals surface area contributed by atoms with Crippen LogP contribution in [0.1, 0.15) is 44.9 Å². The summed E-state index contributed by atoms with van der Waals surface area (Å²) in [6, 6.07) is 0.297. The number of nitrogens with zero attached hydrogens (tertiary/aromatic N) is 1. The highest BCUT2D eigenvalue weighted by Crippen LogP contribution is 2.19. The standard InChI is InChI=1S/C13H26N2/c1-15(2)11-10-13(14)12-8-6-4-3-5-7-9-12/h8,13H,3-7,9-11,14H2,1-2H3. The van der Waals surface area contributed by atoms with E-state index in [2.05, 4.69) is 25.1 Å². The Balaban J connectivity index is 2.37. The Morgan fingerprint density at radius 3 is 2.73 bits per heavy atom. The highest BCUT2D eigenvalue weighted by atomic mass is 15.0. The number of allylic oxidation sites excluding steroid dienone is 1. The average Bonchev–Trinajstić information content (AvgIpc) is 2.13. The molecule has 0 spiro atoms. The molecule has 0 aromatic rings. The van der Waals surface area contributed by atoms with Crippen molar-refractivity contribution in [1.82, 2.24) is 4.90 Å². The molecule has 0 aliphatic heterocycles. The second kappa shape index (κ2) is 7.02. The molecular formula is C13H26N2. The van der Waals surface area contributed by atoms with Crippen molar-refractivity contribution in [2.75, 3.05) is 20.6 Å². The Labute approximate surface area is 94.5 Å². The van der Waals surface area contributed by atoms with E-state index in [9.17, 15) is 0 Å². The quantitative estimate of drug-likeness (QED) is 0.723. The van der Waals surface area contributed by atoms with Crippen LogP contribution in [0, 0.1) is 0 Å². The van der Waals surface area contributed by atoms with Crippen LogP contribution < -0.4 is 5.73 Å². The molecule has 1 rings (SSSR count). The van der Waals surface area contributed by atoms with Crippen LogP contribution in [0.15, 0.2) is 11.6 Å². The van der Waals surface area contributed by atoms with E-state index in [1.807, 2.05) is 0 Å². The molecule has 0 aromatic heterocycles. The summed E-state index contributed by atoms with van der Waals surface area (Å²) in [5.41, 5.74) is 7.73. The molecule has 0 amide bonds. The van der Waals surface area contributed by atoms with Gasteiger partial charge in [0.15, 0.2) is 0 Å². The summed E-state index contributed by atoms with van der Waals surface area (Å²) < 4.78 is 0. The highest BCUT2D eigenvalue weighted by Gasteiger charge is 2.10. The first kappa shape index (κ1) is 12.7. The first-order valence-electron chi connectivity index (χ1n) is 6.29. The fraction of sp³-hybridized carbons (Fsp3) is 0.846. The van der Waals surface area contributed by atoms with Gasteiger partial charge in [-0.2, -0.15) is 0 Å². The predicted octanol–water partition coefficient (Wildman–Crippen LogP) is 2.55. The van der Waals surface area contributed by atoms with Gasteiger partial charge in [-0.25, -0.2) is 0 Å². The van der Waals surface area contributed by atoms with Crippen LogP contribution in [0.4, 0.5) is 0 Å². The van der Waals surface area contributed by atoms with Gasteiger partial charge in [0.05, 0.1) is 0 Å². The zero-order valence-corrected chi connectivity index (χ0v) is 10.3. The largest absolute Gasteiger partial charge is 0.324 e. The van der Waals surface area contributed by atoms with Gasteiger partial charge in [-0.3, -0.25) is 0 Å². The number of hydrogen-bond donors (Lipinski definition) is 1. The smallest absolute Gasteiger partial charge is 0.0265 e. The van der Waals surface area contributed by atoms with E-state index in [4.69, 9.17) is 5.73 Å². The summed E-state index contributed by atoms with van der Waals surface area (Å²) in [6.45, 7) is 1.10. The van der Waals surface area contributed by atoms with Gasteiger partial charge in [-0.15, -0.1) is 0 Å². The van der Waals surface area contributed by atoms with E-state index in [1.165, 1.54) is 44.1 Å². The van der Waals surface area contributed by atoms with Gasteiger partial charge in [-0.1, -0.05) is 24.5 Å². The molecule has 0 aromatic carbocycles.